The molecule has 1 amide bonds. The second kappa shape index (κ2) is 5.40. The molecule has 2 aliphatic rings. The molecule has 1 saturated heterocycles. The Morgan fingerprint density at radius 2 is 2.05 bits per heavy atom. The van der Waals surface area contributed by atoms with E-state index < -0.39 is 10.0 Å². The molecule has 1 aromatic carbocycles. The van der Waals surface area contributed by atoms with Gasteiger partial charge in [0.15, 0.2) is 0 Å². The van der Waals surface area contributed by atoms with E-state index in [1.807, 2.05) is 0 Å². The van der Waals surface area contributed by atoms with Crippen LogP contribution in [-0.4, -0.2) is 38.5 Å². The predicted octanol–water partition coefficient (Wildman–Crippen LogP) is 1.31. The number of anilines is 1. The quantitative estimate of drug-likeness (QED) is 0.826. The highest BCUT2D eigenvalue weighted by atomic mass is 32.2. The number of carbonyl (C=O) groups is 1. The molecule has 2 heterocycles. The van der Waals surface area contributed by atoms with Crippen molar-refractivity contribution in [2.24, 2.45) is 0 Å². The van der Waals surface area contributed by atoms with Gasteiger partial charge >= 0.3 is 0 Å². The number of nitrogens with zero attached hydrogens (tertiary/aromatic N) is 2. The van der Waals surface area contributed by atoms with Gasteiger partial charge in [0.1, 0.15) is 0 Å². The predicted molar refractivity (Wildman–Crippen MR) is 77.3 cm³/mol. The number of rotatable bonds is 2. The molecular formula is C14H18N2O4S. The summed E-state index contributed by atoms with van der Waals surface area (Å²) in [6.45, 7) is 2.89. The third kappa shape index (κ3) is 2.56. The van der Waals surface area contributed by atoms with Crippen molar-refractivity contribution in [3.05, 3.63) is 23.8 Å². The largest absolute Gasteiger partial charge is 0.312 e. The maximum absolute atomic E-state index is 12.6. The first-order valence-electron chi connectivity index (χ1n) is 7.07. The maximum atomic E-state index is 12.6. The molecule has 6 nitrogen and oxygen atoms in total. The minimum atomic E-state index is -3.66. The normalized spacial score (nSPS) is 19.6. The second-order valence-corrected chi connectivity index (χ2v) is 7.11. The van der Waals surface area contributed by atoms with Gasteiger partial charge in [0.05, 0.1) is 11.5 Å². The zero-order valence-electron chi connectivity index (χ0n) is 11.9. The summed E-state index contributed by atoms with van der Waals surface area (Å²) in [6, 6.07) is 4.96. The summed E-state index contributed by atoms with van der Waals surface area (Å²) in [5, 5.41) is 0. The van der Waals surface area contributed by atoms with Crippen molar-refractivity contribution in [1.82, 2.24) is 4.47 Å². The van der Waals surface area contributed by atoms with Crippen molar-refractivity contribution >= 4 is 21.6 Å². The lowest BCUT2D eigenvalue weighted by Crippen LogP contribution is -2.35. The van der Waals surface area contributed by atoms with Crippen LogP contribution in [-0.2, 0) is 26.1 Å². The monoisotopic (exact) mass is 310 g/mol. The summed E-state index contributed by atoms with van der Waals surface area (Å²) in [5.41, 5.74) is 1.70. The molecule has 1 aromatic rings. The van der Waals surface area contributed by atoms with Crippen molar-refractivity contribution in [3.8, 4) is 0 Å². The standard InChI is InChI=1S/C14H18N2O4S/c1-11(17)15-8-6-12-4-5-13(10-14(12)15)21(18,19)16-7-2-3-9-20-16/h4-5,10H,2-3,6-9H2,1H3. The van der Waals surface area contributed by atoms with Gasteiger partial charge in [0.25, 0.3) is 10.0 Å². The zero-order valence-corrected chi connectivity index (χ0v) is 12.7. The van der Waals surface area contributed by atoms with Gasteiger partial charge in [0, 0.05) is 25.7 Å². The topological polar surface area (TPSA) is 66.9 Å². The van der Waals surface area contributed by atoms with E-state index in [9.17, 15) is 13.2 Å². The SMILES string of the molecule is CC(=O)N1CCc2ccc(S(=O)(=O)N3CCCCO3)cc21. The molecular weight excluding hydrogens is 292 g/mol. The highest BCUT2D eigenvalue weighted by molar-refractivity contribution is 7.89. The van der Waals surface area contributed by atoms with Crippen LogP contribution in [0.1, 0.15) is 25.3 Å². The Labute approximate surface area is 124 Å². The Morgan fingerprint density at radius 3 is 2.71 bits per heavy atom. The van der Waals surface area contributed by atoms with Crippen LogP contribution in [0.4, 0.5) is 5.69 Å². The summed E-state index contributed by atoms with van der Waals surface area (Å²) >= 11 is 0. The van der Waals surface area contributed by atoms with Crippen molar-refractivity contribution in [2.75, 3.05) is 24.6 Å². The Bertz CT molecular complexity index is 666. The highest BCUT2D eigenvalue weighted by Crippen LogP contribution is 2.32. The lowest BCUT2D eigenvalue weighted by Gasteiger charge is -2.25. The van der Waals surface area contributed by atoms with E-state index in [4.69, 9.17) is 4.84 Å². The Kier molecular flexibility index (Phi) is 3.73. The highest BCUT2D eigenvalue weighted by Gasteiger charge is 2.30. The minimum absolute atomic E-state index is 0.0717. The number of benzene rings is 1. The number of fused-ring (bicyclic) bond motifs is 1. The zero-order chi connectivity index (χ0) is 15.0. The van der Waals surface area contributed by atoms with Crippen molar-refractivity contribution in [3.63, 3.8) is 0 Å². The number of sulfonamides is 1. The number of amides is 1. The van der Waals surface area contributed by atoms with Gasteiger partial charge in [-0.05, 0) is 37.0 Å². The summed E-state index contributed by atoms with van der Waals surface area (Å²) in [4.78, 5) is 18.7. The molecule has 0 aliphatic carbocycles. The average Bonchev–Trinajstić information content (AvgIpc) is 2.91. The Balaban J connectivity index is 1.96. The molecule has 0 radical (unpaired) electrons. The first kappa shape index (κ1) is 14.5. The van der Waals surface area contributed by atoms with Crippen LogP contribution in [0.2, 0.25) is 0 Å². The first-order valence-corrected chi connectivity index (χ1v) is 8.51. The van der Waals surface area contributed by atoms with E-state index in [0.29, 0.717) is 25.4 Å². The van der Waals surface area contributed by atoms with E-state index >= 15 is 0 Å². The Morgan fingerprint density at radius 1 is 1.24 bits per heavy atom. The number of hydroxylamine groups is 1. The third-order valence-electron chi connectivity index (χ3n) is 3.87. The fraction of sp³-hybridized carbons (Fsp3) is 0.500. The molecule has 0 aromatic heterocycles. The van der Waals surface area contributed by atoms with Crippen LogP contribution in [0.15, 0.2) is 23.1 Å². The molecule has 0 bridgehead atoms. The molecule has 0 unspecified atom stereocenters. The number of carbonyl (C=O) groups excluding carboxylic acids is 1. The van der Waals surface area contributed by atoms with Crippen LogP contribution in [0.25, 0.3) is 0 Å². The molecule has 0 atom stereocenters. The van der Waals surface area contributed by atoms with Crippen molar-refractivity contribution in [1.29, 1.82) is 0 Å². The van der Waals surface area contributed by atoms with E-state index in [1.54, 1.807) is 23.1 Å². The number of hydrogen-bond donors (Lipinski definition) is 0. The maximum Gasteiger partial charge on any atom is 0.265 e. The van der Waals surface area contributed by atoms with Crippen LogP contribution < -0.4 is 4.90 Å². The summed E-state index contributed by atoms with van der Waals surface area (Å²) < 4.78 is 26.2. The molecule has 7 heteroatoms. The molecule has 114 valence electrons. The van der Waals surface area contributed by atoms with Crippen LogP contribution in [0, 0.1) is 0 Å². The van der Waals surface area contributed by atoms with E-state index in [0.717, 1.165) is 29.3 Å². The molecule has 1 fully saturated rings. The fourth-order valence-corrected chi connectivity index (χ4v) is 4.05. The molecule has 0 spiro atoms. The summed E-state index contributed by atoms with van der Waals surface area (Å²) in [7, 11) is -3.66. The van der Waals surface area contributed by atoms with Gasteiger partial charge in [-0.1, -0.05) is 10.5 Å². The minimum Gasteiger partial charge on any atom is -0.312 e. The average molecular weight is 310 g/mol. The molecule has 2 aliphatic heterocycles. The lowest BCUT2D eigenvalue weighted by atomic mass is 10.2. The first-order chi connectivity index (χ1) is 10.00. The van der Waals surface area contributed by atoms with Crippen molar-refractivity contribution < 1.29 is 18.0 Å². The summed E-state index contributed by atoms with van der Waals surface area (Å²) in [5.74, 6) is -0.0717. The van der Waals surface area contributed by atoms with Crippen LogP contribution >= 0.6 is 0 Å². The van der Waals surface area contributed by atoms with Gasteiger partial charge in [0.2, 0.25) is 5.91 Å². The lowest BCUT2D eigenvalue weighted by molar-refractivity contribution is -0.116. The second-order valence-electron chi connectivity index (χ2n) is 5.28. The van der Waals surface area contributed by atoms with Gasteiger partial charge in [-0.2, -0.15) is 0 Å². The van der Waals surface area contributed by atoms with E-state index in [-0.39, 0.29) is 10.8 Å². The molecule has 3 rings (SSSR count). The van der Waals surface area contributed by atoms with Gasteiger partial charge in [-0.3, -0.25) is 9.63 Å². The van der Waals surface area contributed by atoms with E-state index in [1.165, 1.54) is 6.92 Å². The smallest absolute Gasteiger partial charge is 0.265 e. The van der Waals surface area contributed by atoms with Gasteiger partial charge < -0.3 is 4.90 Å². The van der Waals surface area contributed by atoms with Crippen LogP contribution in [0.5, 0.6) is 0 Å². The molecule has 0 N–H and O–H groups in total. The third-order valence-corrected chi connectivity index (χ3v) is 5.54. The van der Waals surface area contributed by atoms with Crippen molar-refractivity contribution in [2.45, 2.75) is 31.1 Å². The molecule has 0 saturated carbocycles. The van der Waals surface area contributed by atoms with E-state index in [2.05, 4.69) is 0 Å². The molecule has 21 heavy (non-hydrogen) atoms. The Hall–Kier alpha value is -1.44. The van der Waals surface area contributed by atoms with Gasteiger partial charge in [-0.25, -0.2) is 8.42 Å². The number of hydrogen-bond acceptors (Lipinski definition) is 4. The van der Waals surface area contributed by atoms with Gasteiger partial charge in [-0.15, -0.1) is 0 Å². The summed E-state index contributed by atoms with van der Waals surface area (Å²) in [6.07, 6.45) is 2.42. The van der Waals surface area contributed by atoms with Crippen LogP contribution in [0.3, 0.4) is 0 Å². The fourth-order valence-electron chi connectivity index (χ4n) is 2.73.